The zero-order chi connectivity index (χ0) is 20.4. The summed E-state index contributed by atoms with van der Waals surface area (Å²) in [7, 11) is 3.39. The molecular weight excluding hydrogens is 386 g/mol. The van der Waals surface area contributed by atoms with Gasteiger partial charge in [-0.15, -0.1) is 0 Å². The number of hydrogen-bond donors (Lipinski definition) is 1. The quantitative estimate of drug-likeness (QED) is 0.726. The van der Waals surface area contributed by atoms with Crippen LogP contribution in [0.1, 0.15) is 49.3 Å². The minimum absolute atomic E-state index is 0.0513. The molecule has 29 heavy (non-hydrogen) atoms. The molecule has 5 heteroatoms. The third-order valence-corrected chi connectivity index (χ3v) is 7.13. The summed E-state index contributed by atoms with van der Waals surface area (Å²) in [5, 5.41) is 12.3. The molecule has 0 amide bonds. The Labute approximate surface area is 178 Å². The van der Waals surface area contributed by atoms with Gasteiger partial charge in [-0.1, -0.05) is 42.6 Å². The van der Waals surface area contributed by atoms with E-state index < -0.39 is 5.60 Å². The molecule has 1 N–H and O–H groups in total. The number of halogens is 1. The number of benzene rings is 2. The predicted molar refractivity (Wildman–Crippen MR) is 116 cm³/mol. The first-order chi connectivity index (χ1) is 14.1. The number of nitrogens with zero attached hydrogens (tertiary/aromatic N) is 1. The van der Waals surface area contributed by atoms with Gasteiger partial charge < -0.3 is 14.6 Å². The average molecular weight is 416 g/mol. The van der Waals surface area contributed by atoms with Gasteiger partial charge in [0.1, 0.15) is 11.5 Å². The zero-order valence-electron chi connectivity index (χ0n) is 17.2. The van der Waals surface area contributed by atoms with Crippen LogP contribution in [0.4, 0.5) is 0 Å². The number of piperidine rings is 1. The van der Waals surface area contributed by atoms with Crippen LogP contribution in [-0.2, 0) is 6.54 Å². The van der Waals surface area contributed by atoms with Gasteiger partial charge >= 0.3 is 0 Å². The van der Waals surface area contributed by atoms with Crippen molar-refractivity contribution >= 4 is 11.6 Å². The van der Waals surface area contributed by atoms with E-state index in [9.17, 15) is 5.11 Å². The average Bonchev–Trinajstić information content (AvgIpc) is 2.74. The molecule has 0 bridgehead atoms. The van der Waals surface area contributed by atoms with E-state index >= 15 is 0 Å². The lowest BCUT2D eigenvalue weighted by Gasteiger charge is -2.53. The van der Waals surface area contributed by atoms with Gasteiger partial charge in [0.25, 0.3) is 0 Å². The zero-order valence-corrected chi connectivity index (χ0v) is 18.0. The fraction of sp³-hybridized carbons (Fsp3) is 0.500. The standard InChI is InChI=1S/C24H30ClNO3/c1-28-18-10-11-22(29-2)19(15-18)23-20-8-5-6-12-24(20,27)13-14-26(23)16-17-7-3-4-9-21(17)25/h3-4,7,9-11,15,20,23,27H,5-6,8,12-14,16H2,1-2H3/t20-,23-,24+/m1/s1. The Morgan fingerprint density at radius 1 is 1.10 bits per heavy atom. The summed E-state index contributed by atoms with van der Waals surface area (Å²) >= 11 is 6.49. The molecule has 2 aromatic carbocycles. The predicted octanol–water partition coefficient (Wildman–Crippen LogP) is 5.23. The van der Waals surface area contributed by atoms with Gasteiger partial charge in [-0.25, -0.2) is 0 Å². The molecule has 1 heterocycles. The van der Waals surface area contributed by atoms with Gasteiger partial charge in [-0.2, -0.15) is 0 Å². The van der Waals surface area contributed by atoms with Crippen molar-refractivity contribution in [3.05, 3.63) is 58.6 Å². The number of fused-ring (bicyclic) bond motifs is 1. The normalized spacial score (nSPS) is 27.3. The van der Waals surface area contributed by atoms with Crippen molar-refractivity contribution in [2.24, 2.45) is 5.92 Å². The highest BCUT2D eigenvalue weighted by Crippen LogP contribution is 2.51. The van der Waals surface area contributed by atoms with Crippen molar-refractivity contribution < 1.29 is 14.6 Å². The molecule has 0 aromatic heterocycles. The van der Waals surface area contributed by atoms with Gasteiger partial charge in [0.2, 0.25) is 0 Å². The van der Waals surface area contributed by atoms with Gasteiger partial charge in [-0.3, -0.25) is 4.90 Å². The summed E-state index contributed by atoms with van der Waals surface area (Å²) in [5.74, 6) is 1.81. The number of ether oxygens (including phenoxy) is 2. The van der Waals surface area contributed by atoms with E-state index in [4.69, 9.17) is 21.1 Å². The van der Waals surface area contributed by atoms with E-state index in [1.807, 2.05) is 30.3 Å². The number of rotatable bonds is 5. The molecule has 2 fully saturated rings. The van der Waals surface area contributed by atoms with Crippen LogP contribution in [0.2, 0.25) is 5.02 Å². The molecule has 3 atom stereocenters. The first-order valence-electron chi connectivity index (χ1n) is 10.5. The van der Waals surface area contributed by atoms with Crippen molar-refractivity contribution in [2.75, 3.05) is 20.8 Å². The second-order valence-corrected chi connectivity index (χ2v) is 8.73. The highest BCUT2D eigenvalue weighted by atomic mass is 35.5. The molecule has 4 rings (SSSR count). The summed E-state index contributed by atoms with van der Waals surface area (Å²) in [6, 6.07) is 14.0. The summed E-state index contributed by atoms with van der Waals surface area (Å²) in [5.41, 5.74) is 1.58. The Kier molecular flexibility index (Phi) is 6.05. The van der Waals surface area contributed by atoms with E-state index in [0.29, 0.717) is 0 Å². The monoisotopic (exact) mass is 415 g/mol. The third-order valence-electron chi connectivity index (χ3n) is 6.76. The summed E-state index contributed by atoms with van der Waals surface area (Å²) < 4.78 is 11.3. The largest absolute Gasteiger partial charge is 0.497 e. The lowest BCUT2D eigenvalue weighted by molar-refractivity contribution is -0.126. The smallest absolute Gasteiger partial charge is 0.123 e. The van der Waals surface area contributed by atoms with Crippen LogP contribution in [0.25, 0.3) is 0 Å². The van der Waals surface area contributed by atoms with Crippen LogP contribution < -0.4 is 9.47 Å². The maximum atomic E-state index is 11.5. The molecule has 1 aliphatic heterocycles. The summed E-state index contributed by atoms with van der Waals surface area (Å²) in [4.78, 5) is 2.46. The molecule has 2 aliphatic rings. The van der Waals surface area contributed by atoms with Gasteiger partial charge in [0.05, 0.1) is 19.8 Å². The highest BCUT2D eigenvalue weighted by Gasteiger charge is 2.49. The lowest BCUT2D eigenvalue weighted by Crippen LogP contribution is -2.54. The number of methoxy groups -OCH3 is 2. The Balaban J connectivity index is 1.78. The molecule has 1 aliphatic carbocycles. The van der Waals surface area contributed by atoms with Crippen LogP contribution in [0.3, 0.4) is 0 Å². The number of hydrogen-bond acceptors (Lipinski definition) is 4. The van der Waals surface area contributed by atoms with Crippen LogP contribution in [0, 0.1) is 5.92 Å². The third kappa shape index (κ3) is 3.98. The molecule has 156 valence electrons. The van der Waals surface area contributed by atoms with Gasteiger partial charge in [0, 0.05) is 35.6 Å². The molecule has 0 unspecified atom stereocenters. The van der Waals surface area contributed by atoms with Crippen molar-refractivity contribution in [1.29, 1.82) is 0 Å². The van der Waals surface area contributed by atoms with Gasteiger partial charge in [-0.05, 0) is 49.1 Å². The molecule has 4 nitrogen and oxygen atoms in total. The van der Waals surface area contributed by atoms with Crippen molar-refractivity contribution in [3.8, 4) is 11.5 Å². The fourth-order valence-electron chi connectivity index (χ4n) is 5.25. The Hall–Kier alpha value is -1.75. The molecular formula is C24H30ClNO3. The molecule has 0 spiro atoms. The Bertz CT molecular complexity index is 858. The van der Waals surface area contributed by atoms with Crippen LogP contribution in [0.5, 0.6) is 11.5 Å². The molecule has 0 radical (unpaired) electrons. The Morgan fingerprint density at radius 3 is 2.69 bits per heavy atom. The van der Waals surface area contributed by atoms with Crippen LogP contribution >= 0.6 is 11.6 Å². The maximum Gasteiger partial charge on any atom is 0.123 e. The topological polar surface area (TPSA) is 41.9 Å². The van der Waals surface area contributed by atoms with E-state index in [0.717, 1.165) is 72.8 Å². The van der Waals surface area contributed by atoms with E-state index in [2.05, 4.69) is 17.0 Å². The summed E-state index contributed by atoms with van der Waals surface area (Å²) in [6.07, 6.45) is 4.93. The van der Waals surface area contributed by atoms with Crippen molar-refractivity contribution in [3.63, 3.8) is 0 Å². The second kappa shape index (κ2) is 8.55. The number of likely N-dealkylation sites (tertiary alicyclic amines) is 1. The first kappa shape index (κ1) is 20.5. The van der Waals surface area contributed by atoms with E-state index in [-0.39, 0.29) is 12.0 Å². The van der Waals surface area contributed by atoms with Crippen LogP contribution in [-0.4, -0.2) is 36.4 Å². The first-order valence-corrected chi connectivity index (χ1v) is 10.9. The SMILES string of the molecule is COc1ccc(OC)c([C@@H]2[C@H]3CCCC[C@]3(O)CCN2Cc2ccccc2Cl)c1. The fourth-order valence-corrected chi connectivity index (χ4v) is 5.44. The molecule has 1 saturated carbocycles. The highest BCUT2D eigenvalue weighted by molar-refractivity contribution is 6.31. The maximum absolute atomic E-state index is 11.5. The Morgan fingerprint density at radius 2 is 1.93 bits per heavy atom. The lowest BCUT2D eigenvalue weighted by atomic mass is 9.66. The van der Waals surface area contributed by atoms with Crippen LogP contribution in [0.15, 0.2) is 42.5 Å². The molecule has 1 saturated heterocycles. The van der Waals surface area contributed by atoms with Crippen molar-refractivity contribution in [2.45, 2.75) is 50.3 Å². The van der Waals surface area contributed by atoms with Gasteiger partial charge in [0.15, 0.2) is 0 Å². The molecule has 2 aromatic rings. The second-order valence-electron chi connectivity index (χ2n) is 8.32. The van der Waals surface area contributed by atoms with E-state index in [1.54, 1.807) is 14.2 Å². The van der Waals surface area contributed by atoms with Crippen molar-refractivity contribution in [1.82, 2.24) is 4.90 Å². The minimum Gasteiger partial charge on any atom is -0.497 e. The minimum atomic E-state index is -0.617. The number of aliphatic hydroxyl groups is 1. The van der Waals surface area contributed by atoms with E-state index in [1.165, 1.54) is 0 Å². The summed E-state index contributed by atoms with van der Waals surface area (Å²) in [6.45, 7) is 1.57.